The Kier molecular flexibility index (Phi) is 5.93. The van der Waals surface area contributed by atoms with Crippen LogP contribution in [0.25, 0.3) is 16.9 Å². The second kappa shape index (κ2) is 9.02. The summed E-state index contributed by atoms with van der Waals surface area (Å²) in [6.45, 7) is 5.88. The molecule has 1 amide bonds. The molecule has 2 aliphatic heterocycles. The molecule has 1 N–H and O–H groups in total. The smallest absolute Gasteiger partial charge is 0.277 e. The average Bonchev–Trinajstić information content (AvgIpc) is 3.28. The molecule has 3 aromatic rings. The number of carbonyl (C=O) groups is 1. The highest BCUT2D eigenvalue weighted by Gasteiger charge is 2.29. The minimum atomic E-state index is -0.129. The topological polar surface area (TPSA) is 82.9 Å². The minimum Gasteiger partial charge on any atom is -0.497 e. The van der Waals surface area contributed by atoms with Crippen LogP contribution in [0.15, 0.2) is 35.1 Å². The summed E-state index contributed by atoms with van der Waals surface area (Å²) in [5.41, 5.74) is 3.64. The molecule has 2 aliphatic rings. The molecule has 0 unspecified atom stereocenters. The summed E-state index contributed by atoms with van der Waals surface area (Å²) in [7, 11) is 1.63. The largest absolute Gasteiger partial charge is 0.497 e. The van der Waals surface area contributed by atoms with Gasteiger partial charge >= 0.3 is 0 Å². The zero-order valence-electron chi connectivity index (χ0n) is 19.3. The first-order valence-electron chi connectivity index (χ1n) is 11.8. The molecule has 0 radical (unpaired) electrons. The van der Waals surface area contributed by atoms with Gasteiger partial charge in [-0.2, -0.15) is 0 Å². The Morgan fingerprint density at radius 1 is 1.15 bits per heavy atom. The highest BCUT2D eigenvalue weighted by atomic mass is 16.5. The summed E-state index contributed by atoms with van der Waals surface area (Å²) in [6, 6.07) is 9.55. The maximum Gasteiger partial charge on any atom is 0.277 e. The maximum absolute atomic E-state index is 13.3. The van der Waals surface area contributed by atoms with Crippen LogP contribution in [0.4, 0.5) is 0 Å². The third-order valence-corrected chi connectivity index (χ3v) is 6.88. The molecule has 1 aromatic carbocycles. The molecule has 2 aromatic heterocycles. The average molecular weight is 450 g/mol. The van der Waals surface area contributed by atoms with Crippen LogP contribution in [0, 0.1) is 5.92 Å². The molecular formula is C25H31N5O3. The van der Waals surface area contributed by atoms with E-state index >= 15 is 0 Å². The van der Waals surface area contributed by atoms with Crippen molar-refractivity contribution in [3.63, 3.8) is 0 Å². The lowest BCUT2D eigenvalue weighted by Gasteiger charge is -2.33. The van der Waals surface area contributed by atoms with Crippen LogP contribution in [-0.2, 0) is 17.8 Å². The zero-order valence-corrected chi connectivity index (χ0v) is 19.3. The van der Waals surface area contributed by atoms with Gasteiger partial charge in [-0.15, -0.1) is 0 Å². The number of hydrogen-bond acceptors (Lipinski definition) is 5. The van der Waals surface area contributed by atoms with E-state index in [0.29, 0.717) is 30.7 Å². The van der Waals surface area contributed by atoms with E-state index in [2.05, 4.69) is 10.00 Å². The lowest BCUT2D eigenvalue weighted by molar-refractivity contribution is -0.136. The van der Waals surface area contributed by atoms with Gasteiger partial charge in [-0.3, -0.25) is 14.7 Å². The third-order valence-electron chi connectivity index (χ3n) is 6.88. The number of nitrogens with one attached hydrogen (secondary N) is 1. The van der Waals surface area contributed by atoms with Crippen molar-refractivity contribution >= 4 is 11.6 Å². The fraction of sp³-hybridized carbons (Fsp3) is 0.480. The van der Waals surface area contributed by atoms with E-state index in [4.69, 9.17) is 9.72 Å². The first-order valence-corrected chi connectivity index (χ1v) is 11.8. The Bertz CT molecular complexity index is 1210. The molecule has 8 nitrogen and oxygen atoms in total. The quantitative estimate of drug-likeness (QED) is 0.648. The normalized spacial score (nSPS) is 17.7. The number of aromatic amines is 1. The molecule has 4 heterocycles. The van der Waals surface area contributed by atoms with Gasteiger partial charge in [0.2, 0.25) is 5.91 Å². The number of ether oxygens (including phenoxy) is 1. The number of benzene rings is 1. The monoisotopic (exact) mass is 449 g/mol. The summed E-state index contributed by atoms with van der Waals surface area (Å²) < 4.78 is 6.72. The van der Waals surface area contributed by atoms with Gasteiger partial charge in [0, 0.05) is 31.5 Å². The van der Waals surface area contributed by atoms with E-state index in [-0.39, 0.29) is 17.4 Å². The molecule has 33 heavy (non-hydrogen) atoms. The van der Waals surface area contributed by atoms with Gasteiger partial charge in [-0.1, -0.05) is 13.3 Å². The number of aromatic nitrogens is 3. The highest BCUT2D eigenvalue weighted by Crippen LogP contribution is 2.23. The van der Waals surface area contributed by atoms with Gasteiger partial charge in [0.1, 0.15) is 5.75 Å². The molecule has 1 atom stereocenters. The fourth-order valence-corrected chi connectivity index (χ4v) is 5.01. The Morgan fingerprint density at radius 2 is 1.91 bits per heavy atom. The van der Waals surface area contributed by atoms with E-state index in [1.165, 1.54) is 23.8 Å². The zero-order chi connectivity index (χ0) is 22.9. The molecule has 0 bridgehead atoms. The molecule has 1 saturated heterocycles. The van der Waals surface area contributed by atoms with Crippen molar-refractivity contribution in [1.29, 1.82) is 0 Å². The van der Waals surface area contributed by atoms with Crippen LogP contribution in [-0.4, -0.2) is 63.6 Å². The van der Waals surface area contributed by atoms with E-state index in [9.17, 15) is 9.59 Å². The number of likely N-dealkylation sites (tertiary alicyclic amines) is 1. The van der Waals surface area contributed by atoms with E-state index < -0.39 is 0 Å². The molecular weight excluding hydrogens is 418 g/mol. The minimum absolute atomic E-state index is 0.0729. The second-order valence-electron chi connectivity index (χ2n) is 9.21. The number of hydrogen-bond donors (Lipinski definition) is 1. The summed E-state index contributed by atoms with van der Waals surface area (Å²) in [5.74, 6) is 0.831. The fourth-order valence-electron chi connectivity index (χ4n) is 5.01. The number of rotatable bonds is 5. The van der Waals surface area contributed by atoms with Crippen LogP contribution in [0.1, 0.15) is 37.4 Å². The Morgan fingerprint density at radius 3 is 2.64 bits per heavy atom. The first kappa shape index (κ1) is 21.7. The van der Waals surface area contributed by atoms with Crippen molar-refractivity contribution in [1.82, 2.24) is 24.4 Å². The number of amides is 1. The van der Waals surface area contributed by atoms with Crippen LogP contribution >= 0.6 is 0 Å². The molecule has 0 spiro atoms. The maximum atomic E-state index is 13.3. The van der Waals surface area contributed by atoms with Crippen molar-refractivity contribution in [2.75, 3.05) is 33.3 Å². The van der Waals surface area contributed by atoms with Gasteiger partial charge in [0.05, 0.1) is 30.6 Å². The molecule has 8 heteroatoms. The number of piperidine rings is 1. The van der Waals surface area contributed by atoms with Crippen LogP contribution in [0.2, 0.25) is 0 Å². The number of carbonyl (C=O) groups excluding carboxylic acids is 1. The van der Waals surface area contributed by atoms with Crippen molar-refractivity contribution in [2.24, 2.45) is 5.92 Å². The molecule has 174 valence electrons. The molecule has 5 rings (SSSR count). The van der Waals surface area contributed by atoms with Crippen molar-refractivity contribution in [3.8, 4) is 17.0 Å². The lowest BCUT2D eigenvalue weighted by atomic mass is 10.0. The summed E-state index contributed by atoms with van der Waals surface area (Å²) >= 11 is 0. The van der Waals surface area contributed by atoms with Crippen LogP contribution < -0.4 is 10.3 Å². The molecule has 0 saturated carbocycles. The lowest BCUT2D eigenvalue weighted by Crippen LogP contribution is -2.45. The van der Waals surface area contributed by atoms with Crippen LogP contribution in [0.5, 0.6) is 5.75 Å². The summed E-state index contributed by atoms with van der Waals surface area (Å²) in [6.07, 6.45) is 4.31. The van der Waals surface area contributed by atoms with Gasteiger partial charge < -0.3 is 14.5 Å². The first-order chi connectivity index (χ1) is 16.0. The number of H-pyrrole nitrogens is 1. The van der Waals surface area contributed by atoms with Gasteiger partial charge in [0.15, 0.2) is 5.65 Å². The second-order valence-corrected chi connectivity index (χ2v) is 9.21. The van der Waals surface area contributed by atoms with E-state index in [1.807, 2.05) is 42.2 Å². The predicted octanol–water partition coefficient (Wildman–Crippen LogP) is 2.70. The molecule has 1 fully saturated rings. The summed E-state index contributed by atoms with van der Waals surface area (Å²) in [4.78, 5) is 35.4. The predicted molar refractivity (Wildman–Crippen MR) is 126 cm³/mol. The van der Waals surface area contributed by atoms with Crippen molar-refractivity contribution in [3.05, 3.63) is 51.9 Å². The van der Waals surface area contributed by atoms with Crippen LogP contribution in [0.3, 0.4) is 0 Å². The van der Waals surface area contributed by atoms with E-state index in [0.717, 1.165) is 42.3 Å². The van der Waals surface area contributed by atoms with Crippen molar-refractivity contribution < 1.29 is 9.53 Å². The van der Waals surface area contributed by atoms with Gasteiger partial charge in [0.25, 0.3) is 5.56 Å². The standard InChI is InChI=1S/C25H31N5O3/c1-17(15-28-11-4-3-5-12-28)24(31)29-13-10-21-20(16-29)25(32)30-23(26-21)14-22(27-30)18-6-8-19(33-2)9-7-18/h6-9,14,17,27H,3-5,10-13,15-16H2,1-2H3/t17-/m1/s1. The van der Waals surface area contributed by atoms with Gasteiger partial charge in [-0.05, 0) is 55.8 Å². The SMILES string of the molecule is COc1ccc(-c2cc3nc4c(c(=O)n3[nH]2)CN(C(=O)[C@H](C)CN2CCCCC2)CC4)cc1. The third kappa shape index (κ3) is 4.27. The highest BCUT2D eigenvalue weighted by molar-refractivity contribution is 5.79. The Balaban J connectivity index is 1.36. The van der Waals surface area contributed by atoms with E-state index in [1.54, 1.807) is 7.11 Å². The summed E-state index contributed by atoms with van der Waals surface area (Å²) in [5, 5.41) is 3.18. The number of nitrogens with zero attached hydrogens (tertiary/aromatic N) is 4. The Labute approximate surface area is 193 Å². The van der Waals surface area contributed by atoms with Gasteiger partial charge in [-0.25, -0.2) is 9.50 Å². The number of fused-ring (bicyclic) bond motifs is 2. The van der Waals surface area contributed by atoms with Crippen molar-refractivity contribution in [2.45, 2.75) is 39.2 Å². The molecule has 0 aliphatic carbocycles. The number of methoxy groups -OCH3 is 1. The Hall–Kier alpha value is -3.13.